The predicted octanol–water partition coefficient (Wildman–Crippen LogP) is 2.99. The quantitative estimate of drug-likeness (QED) is 0.421. The summed E-state index contributed by atoms with van der Waals surface area (Å²) in [5.41, 5.74) is 1.92. The first-order chi connectivity index (χ1) is 15.8. The van der Waals surface area contributed by atoms with Gasteiger partial charge in [-0.25, -0.2) is 9.79 Å². The summed E-state index contributed by atoms with van der Waals surface area (Å²) in [7, 11) is 1.29. The molecule has 2 heterocycles. The van der Waals surface area contributed by atoms with E-state index in [-0.39, 0.29) is 11.1 Å². The summed E-state index contributed by atoms with van der Waals surface area (Å²) in [6.45, 7) is 3.02. The number of esters is 2. The third kappa shape index (κ3) is 4.53. The summed E-state index contributed by atoms with van der Waals surface area (Å²) < 4.78 is 12.1. The van der Waals surface area contributed by atoms with E-state index >= 15 is 0 Å². The fourth-order valence-corrected chi connectivity index (χ4v) is 4.78. The molecule has 4 rings (SSSR count). The van der Waals surface area contributed by atoms with Crippen LogP contribution in [-0.2, 0) is 14.3 Å². The lowest BCUT2D eigenvalue weighted by Crippen LogP contribution is -2.39. The average molecular weight is 483 g/mol. The van der Waals surface area contributed by atoms with E-state index in [0.29, 0.717) is 31.4 Å². The highest BCUT2D eigenvalue weighted by Crippen LogP contribution is 2.31. The first-order valence-electron chi connectivity index (χ1n) is 9.93. The molecule has 0 amide bonds. The Balaban J connectivity index is 1.90. The van der Waals surface area contributed by atoms with Crippen LogP contribution in [0.5, 0.6) is 5.75 Å². The van der Waals surface area contributed by atoms with E-state index in [1.54, 1.807) is 49.4 Å². The summed E-state index contributed by atoms with van der Waals surface area (Å²) in [5, 5.41) is 0.601. The molecule has 1 aliphatic heterocycles. The van der Waals surface area contributed by atoms with Gasteiger partial charge in [0.05, 0.1) is 29.0 Å². The van der Waals surface area contributed by atoms with E-state index in [0.717, 1.165) is 5.56 Å². The molecule has 168 valence electrons. The molecule has 0 radical (unpaired) electrons. The van der Waals surface area contributed by atoms with E-state index in [1.807, 2.05) is 12.1 Å². The van der Waals surface area contributed by atoms with Gasteiger partial charge in [0, 0.05) is 11.9 Å². The summed E-state index contributed by atoms with van der Waals surface area (Å²) in [5.74, 6) is -0.650. The van der Waals surface area contributed by atoms with Crippen LogP contribution in [0.2, 0.25) is 5.02 Å². The minimum Gasteiger partial charge on any atom is -0.466 e. The highest BCUT2D eigenvalue weighted by molar-refractivity contribution is 7.07. The van der Waals surface area contributed by atoms with Crippen LogP contribution in [0.4, 0.5) is 0 Å². The van der Waals surface area contributed by atoms with Gasteiger partial charge in [0.25, 0.3) is 5.56 Å². The number of hydrogen-bond donors (Lipinski definition) is 0. The fraction of sp³-hybridized carbons (Fsp3) is 0.167. The number of ether oxygens (including phenoxy) is 2. The average Bonchev–Trinajstić information content (AvgIpc) is 3.08. The second-order valence-electron chi connectivity index (χ2n) is 7.29. The number of halogens is 1. The van der Waals surface area contributed by atoms with E-state index in [9.17, 15) is 14.4 Å². The van der Waals surface area contributed by atoms with Crippen LogP contribution in [0, 0.1) is 0 Å². The lowest BCUT2D eigenvalue weighted by Gasteiger charge is -2.24. The molecule has 0 aliphatic carbocycles. The van der Waals surface area contributed by atoms with Crippen LogP contribution < -0.4 is 19.6 Å². The van der Waals surface area contributed by atoms with Gasteiger partial charge in [0.1, 0.15) is 5.75 Å². The molecule has 0 saturated heterocycles. The largest absolute Gasteiger partial charge is 0.466 e. The molecule has 9 heteroatoms. The lowest BCUT2D eigenvalue weighted by molar-refractivity contribution is -0.136. The molecule has 33 heavy (non-hydrogen) atoms. The van der Waals surface area contributed by atoms with Gasteiger partial charge in [-0.15, -0.1) is 0 Å². The van der Waals surface area contributed by atoms with E-state index in [4.69, 9.17) is 21.1 Å². The zero-order chi connectivity index (χ0) is 23.7. The standard InChI is InChI=1S/C24H19ClN2O5S/c1-13-20(23(30)31-3)21(16-6-10-18(11-7-16)32-14(2)28)27-22(29)19(33-24(27)26-13)12-15-4-8-17(25)9-5-15/h4-12,21H,1-3H3/b19-12-/t21-/m1/s1. The molecule has 2 aromatic carbocycles. The first kappa shape index (κ1) is 22.7. The molecule has 3 aromatic rings. The Morgan fingerprint density at radius 2 is 1.79 bits per heavy atom. The Kier molecular flexibility index (Phi) is 6.31. The molecule has 0 bridgehead atoms. The van der Waals surface area contributed by atoms with Crippen LogP contribution in [0.15, 0.2) is 69.6 Å². The molecule has 1 aliphatic rings. The number of fused-ring (bicyclic) bond motifs is 1. The van der Waals surface area contributed by atoms with Crippen molar-refractivity contribution in [3.8, 4) is 5.75 Å². The van der Waals surface area contributed by atoms with Crippen molar-refractivity contribution in [3.63, 3.8) is 0 Å². The van der Waals surface area contributed by atoms with Crippen molar-refractivity contribution in [2.75, 3.05) is 7.11 Å². The minimum absolute atomic E-state index is 0.267. The van der Waals surface area contributed by atoms with Crippen molar-refractivity contribution < 1.29 is 19.1 Å². The number of nitrogens with zero attached hydrogens (tertiary/aromatic N) is 2. The second-order valence-corrected chi connectivity index (χ2v) is 8.73. The molecule has 0 spiro atoms. The zero-order valence-corrected chi connectivity index (χ0v) is 19.6. The molecule has 1 atom stereocenters. The maximum atomic E-state index is 13.5. The number of hydrogen-bond acceptors (Lipinski definition) is 7. The maximum Gasteiger partial charge on any atom is 0.338 e. The van der Waals surface area contributed by atoms with Gasteiger partial charge in [-0.2, -0.15) is 0 Å². The predicted molar refractivity (Wildman–Crippen MR) is 125 cm³/mol. The normalized spacial score (nSPS) is 15.6. The van der Waals surface area contributed by atoms with Crippen molar-refractivity contribution in [2.24, 2.45) is 4.99 Å². The van der Waals surface area contributed by atoms with Gasteiger partial charge < -0.3 is 9.47 Å². The number of allylic oxidation sites excluding steroid dienone is 1. The van der Waals surface area contributed by atoms with Gasteiger partial charge in [-0.05, 0) is 48.4 Å². The number of methoxy groups -OCH3 is 1. The zero-order valence-electron chi connectivity index (χ0n) is 18.0. The molecule has 0 unspecified atom stereocenters. The van der Waals surface area contributed by atoms with Crippen LogP contribution >= 0.6 is 22.9 Å². The van der Waals surface area contributed by atoms with Crippen LogP contribution in [-0.4, -0.2) is 23.6 Å². The Bertz CT molecular complexity index is 1450. The number of rotatable bonds is 4. The number of benzene rings is 2. The van der Waals surface area contributed by atoms with Crippen molar-refractivity contribution in [3.05, 3.63) is 95.6 Å². The van der Waals surface area contributed by atoms with Crippen molar-refractivity contribution >= 4 is 41.0 Å². The molecule has 7 nitrogen and oxygen atoms in total. The second kappa shape index (κ2) is 9.17. The lowest BCUT2D eigenvalue weighted by atomic mass is 9.96. The Hall–Kier alpha value is -3.49. The summed E-state index contributed by atoms with van der Waals surface area (Å²) in [4.78, 5) is 42.4. The molecule has 1 aromatic heterocycles. The minimum atomic E-state index is -0.743. The van der Waals surface area contributed by atoms with Crippen molar-refractivity contribution in [1.82, 2.24) is 4.57 Å². The Morgan fingerprint density at radius 3 is 2.39 bits per heavy atom. The third-order valence-electron chi connectivity index (χ3n) is 5.05. The molecular weight excluding hydrogens is 464 g/mol. The van der Waals surface area contributed by atoms with E-state index < -0.39 is 18.0 Å². The van der Waals surface area contributed by atoms with E-state index in [2.05, 4.69) is 4.99 Å². The monoisotopic (exact) mass is 482 g/mol. The molecule has 0 saturated carbocycles. The van der Waals surface area contributed by atoms with E-state index in [1.165, 1.54) is 29.9 Å². The highest BCUT2D eigenvalue weighted by atomic mass is 35.5. The van der Waals surface area contributed by atoms with Gasteiger partial charge in [-0.3, -0.25) is 14.2 Å². The van der Waals surface area contributed by atoms with Crippen LogP contribution in [0.25, 0.3) is 6.08 Å². The Labute approximate surface area is 197 Å². The van der Waals surface area contributed by atoms with Gasteiger partial charge in [-0.1, -0.05) is 47.2 Å². The summed E-state index contributed by atoms with van der Waals surface area (Å²) in [6.07, 6.45) is 1.76. The number of thiazole rings is 1. The number of carbonyl (C=O) groups is 2. The van der Waals surface area contributed by atoms with Gasteiger partial charge >= 0.3 is 11.9 Å². The Morgan fingerprint density at radius 1 is 1.12 bits per heavy atom. The topological polar surface area (TPSA) is 87.0 Å². The van der Waals surface area contributed by atoms with Gasteiger partial charge in [0.2, 0.25) is 0 Å². The van der Waals surface area contributed by atoms with Crippen LogP contribution in [0.1, 0.15) is 31.0 Å². The van der Waals surface area contributed by atoms with Crippen molar-refractivity contribution in [1.29, 1.82) is 0 Å². The summed E-state index contributed by atoms with van der Waals surface area (Å²) >= 11 is 7.20. The molecule has 0 N–H and O–H groups in total. The fourth-order valence-electron chi connectivity index (χ4n) is 3.60. The molecule has 0 fully saturated rings. The smallest absolute Gasteiger partial charge is 0.338 e. The first-order valence-corrected chi connectivity index (χ1v) is 11.1. The third-order valence-corrected chi connectivity index (χ3v) is 6.29. The highest BCUT2D eigenvalue weighted by Gasteiger charge is 2.33. The van der Waals surface area contributed by atoms with Gasteiger partial charge in [0.15, 0.2) is 4.80 Å². The SMILES string of the molecule is COC(=O)C1=C(C)N=c2s/c(=C\c3ccc(Cl)cc3)c(=O)n2[C@@H]1c1ccc(OC(C)=O)cc1. The number of aromatic nitrogens is 1. The maximum absolute atomic E-state index is 13.5. The number of carbonyl (C=O) groups excluding carboxylic acids is 2. The summed E-state index contributed by atoms with van der Waals surface area (Å²) in [6, 6.07) is 13.0. The molecular formula is C24H19ClN2O5S. The van der Waals surface area contributed by atoms with Crippen LogP contribution in [0.3, 0.4) is 0 Å². The van der Waals surface area contributed by atoms with Crippen molar-refractivity contribution in [2.45, 2.75) is 19.9 Å².